The molecule has 0 aliphatic carbocycles. The van der Waals surface area contributed by atoms with E-state index in [4.69, 9.17) is 9.47 Å². The Morgan fingerprint density at radius 2 is 1.85 bits per heavy atom. The van der Waals surface area contributed by atoms with Gasteiger partial charge < -0.3 is 9.47 Å². The molecule has 0 unspecified atom stereocenters. The molecule has 0 aromatic heterocycles. The third-order valence-corrected chi connectivity index (χ3v) is 4.98. The van der Waals surface area contributed by atoms with Gasteiger partial charge in [-0.2, -0.15) is 0 Å². The molecule has 6 heteroatoms. The quantitative estimate of drug-likeness (QED) is 0.790. The third-order valence-electron chi connectivity index (χ3n) is 3.27. The van der Waals surface area contributed by atoms with Crippen molar-refractivity contribution in [1.82, 2.24) is 4.90 Å². The number of hydrogen-bond donors (Lipinski definition) is 0. The lowest BCUT2D eigenvalue weighted by atomic mass is 10.3. The van der Waals surface area contributed by atoms with Crippen LogP contribution < -0.4 is 4.74 Å². The summed E-state index contributed by atoms with van der Waals surface area (Å²) in [4.78, 5) is 2.48. The molecular formula is C14H21NO4S. The minimum absolute atomic E-state index is 0.140. The molecule has 0 N–H and O–H groups in total. The first kappa shape index (κ1) is 15.3. The van der Waals surface area contributed by atoms with Crippen LogP contribution >= 0.6 is 0 Å². The predicted octanol–water partition coefficient (Wildman–Crippen LogP) is 1.19. The van der Waals surface area contributed by atoms with E-state index in [1.54, 1.807) is 24.3 Å². The first-order chi connectivity index (χ1) is 9.62. The number of sulfone groups is 1. The van der Waals surface area contributed by atoms with Gasteiger partial charge in [-0.05, 0) is 31.2 Å². The van der Waals surface area contributed by atoms with Crippen LogP contribution in [-0.2, 0) is 14.6 Å². The summed E-state index contributed by atoms with van der Waals surface area (Å²) in [6.07, 6.45) is 0. The van der Waals surface area contributed by atoms with Crippen molar-refractivity contribution >= 4 is 9.84 Å². The molecule has 1 aliphatic rings. The van der Waals surface area contributed by atoms with Crippen LogP contribution in [0, 0.1) is 0 Å². The summed E-state index contributed by atoms with van der Waals surface area (Å²) in [5.74, 6) is 0.834. The van der Waals surface area contributed by atoms with E-state index in [1.165, 1.54) is 0 Å². The van der Waals surface area contributed by atoms with Crippen molar-refractivity contribution in [1.29, 1.82) is 0 Å². The lowest BCUT2D eigenvalue weighted by molar-refractivity contribution is 0.0408. The lowest BCUT2D eigenvalue weighted by Crippen LogP contribution is -2.39. The Bertz CT molecular complexity index is 506. The second-order valence-corrected chi connectivity index (χ2v) is 6.79. The normalized spacial score (nSPS) is 17.1. The van der Waals surface area contributed by atoms with Gasteiger partial charge in [0.1, 0.15) is 5.75 Å². The van der Waals surface area contributed by atoms with Gasteiger partial charge in [0.2, 0.25) is 0 Å². The molecule has 5 nitrogen and oxygen atoms in total. The minimum Gasteiger partial charge on any atom is -0.494 e. The Hall–Kier alpha value is -1.11. The number of morpholine rings is 1. The largest absolute Gasteiger partial charge is 0.494 e. The van der Waals surface area contributed by atoms with E-state index in [0.717, 1.165) is 13.1 Å². The second kappa shape index (κ2) is 7.06. The number of ether oxygens (including phenoxy) is 2. The van der Waals surface area contributed by atoms with Crippen molar-refractivity contribution in [2.75, 3.05) is 45.2 Å². The van der Waals surface area contributed by atoms with Crippen molar-refractivity contribution in [3.63, 3.8) is 0 Å². The van der Waals surface area contributed by atoms with Gasteiger partial charge in [0.05, 0.1) is 30.5 Å². The summed E-state index contributed by atoms with van der Waals surface area (Å²) in [6.45, 7) is 6.00. The number of hydrogen-bond acceptors (Lipinski definition) is 5. The van der Waals surface area contributed by atoms with Crippen molar-refractivity contribution in [2.24, 2.45) is 0 Å². The minimum atomic E-state index is -3.23. The fourth-order valence-electron chi connectivity index (χ4n) is 2.10. The fourth-order valence-corrected chi connectivity index (χ4v) is 3.39. The molecule has 0 amide bonds. The molecule has 0 spiro atoms. The summed E-state index contributed by atoms with van der Waals surface area (Å²) >= 11 is 0. The summed E-state index contributed by atoms with van der Waals surface area (Å²) in [6, 6.07) is 6.62. The molecule has 0 bridgehead atoms. The molecule has 0 radical (unpaired) electrons. The van der Waals surface area contributed by atoms with Gasteiger partial charge in [0, 0.05) is 19.6 Å². The van der Waals surface area contributed by atoms with E-state index in [1.807, 2.05) is 6.92 Å². The van der Waals surface area contributed by atoms with Crippen LogP contribution in [0.25, 0.3) is 0 Å². The van der Waals surface area contributed by atoms with Crippen LogP contribution in [0.4, 0.5) is 0 Å². The maximum Gasteiger partial charge on any atom is 0.179 e. The van der Waals surface area contributed by atoms with E-state index < -0.39 is 9.84 Å². The van der Waals surface area contributed by atoms with Gasteiger partial charge in [0.15, 0.2) is 9.84 Å². The van der Waals surface area contributed by atoms with Crippen molar-refractivity contribution in [2.45, 2.75) is 11.8 Å². The lowest BCUT2D eigenvalue weighted by Gasteiger charge is -2.26. The Kier molecular flexibility index (Phi) is 5.39. The SMILES string of the molecule is CCOc1ccc(S(=O)(=O)CCN2CCOCC2)cc1. The average molecular weight is 299 g/mol. The van der Waals surface area contributed by atoms with Crippen LogP contribution in [-0.4, -0.2) is 58.5 Å². The molecule has 1 aromatic rings. The van der Waals surface area contributed by atoms with Crippen LogP contribution in [0.5, 0.6) is 5.75 Å². The smallest absolute Gasteiger partial charge is 0.179 e. The first-order valence-corrected chi connectivity index (χ1v) is 8.53. The molecule has 0 saturated carbocycles. The van der Waals surface area contributed by atoms with Crippen LogP contribution in [0.2, 0.25) is 0 Å². The predicted molar refractivity (Wildman–Crippen MR) is 76.9 cm³/mol. The average Bonchev–Trinajstić information content (AvgIpc) is 2.47. The van der Waals surface area contributed by atoms with Crippen LogP contribution in [0.15, 0.2) is 29.2 Å². The molecule has 1 heterocycles. The summed E-state index contributed by atoms with van der Waals surface area (Å²) in [5, 5.41) is 0. The van der Waals surface area contributed by atoms with Gasteiger partial charge in [-0.15, -0.1) is 0 Å². The molecule has 1 aliphatic heterocycles. The van der Waals surface area contributed by atoms with Gasteiger partial charge in [-0.25, -0.2) is 8.42 Å². The zero-order chi connectivity index (χ0) is 14.4. The maximum atomic E-state index is 12.2. The van der Waals surface area contributed by atoms with Gasteiger partial charge in [-0.1, -0.05) is 0 Å². The molecule has 112 valence electrons. The molecule has 0 atom stereocenters. The van der Waals surface area contributed by atoms with E-state index in [0.29, 0.717) is 37.0 Å². The van der Waals surface area contributed by atoms with Crippen LogP contribution in [0.1, 0.15) is 6.92 Å². The zero-order valence-corrected chi connectivity index (χ0v) is 12.6. The topological polar surface area (TPSA) is 55.8 Å². The maximum absolute atomic E-state index is 12.2. The Morgan fingerprint density at radius 3 is 2.45 bits per heavy atom. The van der Waals surface area contributed by atoms with E-state index >= 15 is 0 Å². The summed E-state index contributed by atoms with van der Waals surface area (Å²) < 4.78 is 35.0. The third kappa shape index (κ3) is 4.19. The molecular weight excluding hydrogens is 278 g/mol. The van der Waals surface area contributed by atoms with E-state index in [9.17, 15) is 8.42 Å². The monoisotopic (exact) mass is 299 g/mol. The van der Waals surface area contributed by atoms with Crippen molar-refractivity contribution < 1.29 is 17.9 Å². The molecule has 2 rings (SSSR count). The highest BCUT2D eigenvalue weighted by molar-refractivity contribution is 7.91. The second-order valence-electron chi connectivity index (χ2n) is 4.68. The highest BCUT2D eigenvalue weighted by Crippen LogP contribution is 2.17. The first-order valence-electron chi connectivity index (χ1n) is 6.87. The van der Waals surface area contributed by atoms with Crippen molar-refractivity contribution in [3.05, 3.63) is 24.3 Å². The summed E-state index contributed by atoms with van der Waals surface area (Å²) in [7, 11) is -3.23. The van der Waals surface area contributed by atoms with Gasteiger partial charge in [-0.3, -0.25) is 4.90 Å². The van der Waals surface area contributed by atoms with Gasteiger partial charge >= 0.3 is 0 Å². The zero-order valence-electron chi connectivity index (χ0n) is 11.7. The number of rotatable bonds is 6. The number of nitrogens with zero attached hydrogens (tertiary/aromatic N) is 1. The Balaban J connectivity index is 1.94. The van der Waals surface area contributed by atoms with E-state index in [-0.39, 0.29) is 5.75 Å². The fraction of sp³-hybridized carbons (Fsp3) is 0.571. The highest BCUT2D eigenvalue weighted by Gasteiger charge is 2.18. The molecule has 1 aromatic carbocycles. The standard InChI is InChI=1S/C14H21NO4S/c1-2-19-13-3-5-14(6-4-13)20(16,17)12-9-15-7-10-18-11-8-15/h3-6H,2,7-12H2,1H3. The van der Waals surface area contributed by atoms with Gasteiger partial charge in [0.25, 0.3) is 0 Å². The highest BCUT2D eigenvalue weighted by atomic mass is 32.2. The molecule has 20 heavy (non-hydrogen) atoms. The molecule has 1 saturated heterocycles. The number of benzene rings is 1. The van der Waals surface area contributed by atoms with Crippen molar-refractivity contribution in [3.8, 4) is 5.75 Å². The Labute approximate surface area is 120 Å². The van der Waals surface area contributed by atoms with Crippen LogP contribution in [0.3, 0.4) is 0 Å². The molecule has 1 fully saturated rings. The van der Waals surface area contributed by atoms with E-state index in [2.05, 4.69) is 4.90 Å². The Morgan fingerprint density at radius 1 is 1.20 bits per heavy atom. The summed E-state index contributed by atoms with van der Waals surface area (Å²) in [5.41, 5.74) is 0.